The topological polar surface area (TPSA) is 87.4 Å². The summed E-state index contributed by atoms with van der Waals surface area (Å²) in [7, 11) is 3.75. The van der Waals surface area contributed by atoms with Crippen LogP contribution in [0.2, 0.25) is 0 Å². The Bertz CT molecular complexity index is 1230. The van der Waals surface area contributed by atoms with E-state index in [9.17, 15) is 22.4 Å². The minimum atomic E-state index is -4.59. The van der Waals surface area contributed by atoms with Gasteiger partial charge in [0, 0.05) is 43.2 Å². The Morgan fingerprint density at radius 1 is 1.14 bits per heavy atom. The molecule has 0 spiro atoms. The largest absolute Gasteiger partial charge is 0.416 e. The molecule has 1 amide bonds. The van der Waals surface area contributed by atoms with Crippen LogP contribution < -0.4 is 16.0 Å². The molecule has 1 unspecified atom stereocenters. The minimum absolute atomic E-state index is 0.0106. The van der Waals surface area contributed by atoms with Gasteiger partial charge in [-0.05, 0) is 62.0 Å². The van der Waals surface area contributed by atoms with E-state index in [-0.39, 0.29) is 23.2 Å². The summed E-state index contributed by atoms with van der Waals surface area (Å²) in [5.41, 5.74) is 5.71. The number of amides is 1. The van der Waals surface area contributed by atoms with Crippen LogP contribution in [0.3, 0.4) is 0 Å². The number of carbonyl (C=O) groups is 1. The molecular weight excluding hydrogens is 464 g/mol. The number of alkyl halides is 3. The first-order valence-electron chi connectivity index (χ1n) is 10.8. The highest BCUT2D eigenvalue weighted by Crippen LogP contribution is 2.37. The highest BCUT2D eigenvalue weighted by molar-refractivity contribution is 6.06. The van der Waals surface area contributed by atoms with Gasteiger partial charge in [-0.25, -0.2) is 14.4 Å². The zero-order valence-corrected chi connectivity index (χ0v) is 19.1. The molecule has 0 aliphatic carbocycles. The number of hydrogen-bond donors (Lipinski definition) is 2. The van der Waals surface area contributed by atoms with Crippen LogP contribution in [-0.4, -0.2) is 54.0 Å². The Morgan fingerprint density at radius 3 is 2.49 bits per heavy atom. The quantitative estimate of drug-likeness (QED) is 0.522. The number of nitrogens with two attached hydrogens (primary N) is 1. The molecule has 0 saturated carbocycles. The molecule has 1 fully saturated rings. The van der Waals surface area contributed by atoms with Crippen molar-refractivity contribution in [3.63, 3.8) is 0 Å². The minimum Gasteiger partial charge on any atom is -0.369 e. The summed E-state index contributed by atoms with van der Waals surface area (Å²) in [5.74, 6) is -1.41. The predicted molar refractivity (Wildman–Crippen MR) is 126 cm³/mol. The second-order valence-corrected chi connectivity index (χ2v) is 8.56. The SMILES string of the molecule is CN1CCC(N(C)c2ccc(C(F)(F)F)cc2NC(=O)c2cc(F)cc(-c3cnc(N)nc3)c2)C1. The fourth-order valence-corrected chi connectivity index (χ4v) is 4.11. The maximum Gasteiger partial charge on any atom is 0.416 e. The van der Waals surface area contributed by atoms with E-state index in [0.29, 0.717) is 16.8 Å². The number of benzene rings is 2. The molecule has 0 bridgehead atoms. The van der Waals surface area contributed by atoms with E-state index in [4.69, 9.17) is 5.73 Å². The molecule has 184 valence electrons. The van der Waals surface area contributed by atoms with Crippen molar-refractivity contribution in [1.29, 1.82) is 0 Å². The van der Waals surface area contributed by atoms with Gasteiger partial charge in [-0.2, -0.15) is 13.2 Å². The molecule has 1 aromatic heterocycles. The summed E-state index contributed by atoms with van der Waals surface area (Å²) in [4.78, 5) is 24.8. The van der Waals surface area contributed by atoms with Crippen molar-refractivity contribution in [3.8, 4) is 11.1 Å². The van der Waals surface area contributed by atoms with Crippen molar-refractivity contribution in [1.82, 2.24) is 14.9 Å². The van der Waals surface area contributed by atoms with Crippen LogP contribution in [0.1, 0.15) is 22.3 Å². The van der Waals surface area contributed by atoms with Crippen molar-refractivity contribution in [2.24, 2.45) is 0 Å². The van der Waals surface area contributed by atoms with Gasteiger partial charge in [0.1, 0.15) is 5.82 Å². The Hall–Kier alpha value is -3.73. The van der Waals surface area contributed by atoms with Crippen molar-refractivity contribution >= 4 is 23.2 Å². The highest BCUT2D eigenvalue weighted by Gasteiger charge is 2.32. The molecule has 1 aliphatic heterocycles. The van der Waals surface area contributed by atoms with E-state index >= 15 is 0 Å². The van der Waals surface area contributed by atoms with E-state index in [2.05, 4.69) is 20.2 Å². The Balaban J connectivity index is 1.68. The lowest BCUT2D eigenvalue weighted by Crippen LogP contribution is -2.34. The zero-order chi connectivity index (χ0) is 25.3. The molecule has 7 nitrogen and oxygen atoms in total. The smallest absolute Gasteiger partial charge is 0.369 e. The third-order valence-electron chi connectivity index (χ3n) is 6.03. The van der Waals surface area contributed by atoms with Crippen LogP contribution in [0.25, 0.3) is 11.1 Å². The number of nitrogen functional groups attached to an aromatic ring is 1. The first-order valence-corrected chi connectivity index (χ1v) is 10.8. The second kappa shape index (κ2) is 9.49. The predicted octanol–water partition coefficient (Wildman–Crippen LogP) is 4.28. The summed E-state index contributed by atoms with van der Waals surface area (Å²) in [6.45, 7) is 1.60. The van der Waals surface area contributed by atoms with E-state index in [1.54, 1.807) is 7.05 Å². The van der Waals surface area contributed by atoms with Crippen molar-refractivity contribution < 1.29 is 22.4 Å². The molecule has 35 heavy (non-hydrogen) atoms. The fourth-order valence-electron chi connectivity index (χ4n) is 4.11. The molecule has 2 aromatic carbocycles. The molecule has 4 rings (SSSR count). The summed E-state index contributed by atoms with van der Waals surface area (Å²) >= 11 is 0. The van der Waals surface area contributed by atoms with Gasteiger partial charge in [-0.3, -0.25) is 4.79 Å². The Morgan fingerprint density at radius 2 is 1.86 bits per heavy atom. The lowest BCUT2D eigenvalue weighted by molar-refractivity contribution is -0.137. The zero-order valence-electron chi connectivity index (χ0n) is 19.1. The van der Waals surface area contributed by atoms with Crippen molar-refractivity contribution in [3.05, 3.63) is 65.7 Å². The van der Waals surface area contributed by atoms with Crippen LogP contribution in [0, 0.1) is 5.82 Å². The monoisotopic (exact) mass is 488 g/mol. The number of likely N-dealkylation sites (N-methyl/N-ethyl adjacent to an activating group) is 2. The van der Waals surface area contributed by atoms with Gasteiger partial charge in [0.2, 0.25) is 5.95 Å². The number of rotatable bonds is 5. The molecule has 0 radical (unpaired) electrons. The third-order valence-corrected chi connectivity index (χ3v) is 6.03. The van der Waals surface area contributed by atoms with Crippen LogP contribution in [0.15, 0.2) is 48.8 Å². The van der Waals surface area contributed by atoms with Crippen LogP contribution in [-0.2, 0) is 6.18 Å². The fraction of sp³-hybridized carbons (Fsp3) is 0.292. The molecule has 1 saturated heterocycles. The van der Waals surface area contributed by atoms with E-state index in [1.165, 1.54) is 30.6 Å². The Kier molecular flexibility index (Phi) is 6.62. The maximum atomic E-state index is 14.4. The average molecular weight is 488 g/mol. The number of halogens is 4. The van der Waals surface area contributed by atoms with Gasteiger partial charge in [0.25, 0.3) is 5.91 Å². The van der Waals surface area contributed by atoms with E-state index in [1.807, 2.05) is 11.9 Å². The molecule has 11 heteroatoms. The Labute approximate surface area is 199 Å². The average Bonchev–Trinajstić information content (AvgIpc) is 3.24. The summed E-state index contributed by atoms with van der Waals surface area (Å²) < 4.78 is 54.6. The number of nitrogens with zero attached hydrogens (tertiary/aromatic N) is 4. The molecule has 3 aromatic rings. The molecule has 3 N–H and O–H groups in total. The third kappa shape index (κ3) is 5.51. The van der Waals surface area contributed by atoms with Gasteiger partial charge >= 0.3 is 6.18 Å². The molecular formula is C24H24F4N6O. The van der Waals surface area contributed by atoms with Gasteiger partial charge in [0.15, 0.2) is 0 Å². The standard InChI is InChI=1S/C24H24F4N6O/c1-33-6-5-19(13-33)34(2)21-4-3-17(24(26,27)28)10-20(21)32-22(35)15-7-14(8-18(25)9-15)16-11-30-23(29)31-12-16/h3-4,7-12,19H,5-6,13H2,1-2H3,(H,32,35)(H2,29,30,31). The maximum absolute atomic E-state index is 14.4. The first-order chi connectivity index (χ1) is 16.5. The summed E-state index contributed by atoms with van der Waals surface area (Å²) in [6, 6.07) is 6.93. The van der Waals surface area contributed by atoms with E-state index < -0.39 is 23.5 Å². The van der Waals surface area contributed by atoms with Crippen LogP contribution in [0.4, 0.5) is 34.9 Å². The normalized spacial score (nSPS) is 16.3. The lowest BCUT2D eigenvalue weighted by Gasteiger charge is -2.29. The number of hydrogen-bond acceptors (Lipinski definition) is 6. The number of likely N-dealkylation sites (tertiary alicyclic amines) is 1. The number of carbonyl (C=O) groups excluding carboxylic acids is 1. The lowest BCUT2D eigenvalue weighted by atomic mass is 10.0. The molecule has 1 aliphatic rings. The number of anilines is 3. The van der Waals surface area contributed by atoms with E-state index in [0.717, 1.165) is 37.7 Å². The second-order valence-electron chi connectivity index (χ2n) is 8.56. The summed E-state index contributed by atoms with van der Waals surface area (Å²) in [5, 5.41) is 2.56. The highest BCUT2D eigenvalue weighted by atomic mass is 19.4. The van der Waals surface area contributed by atoms with Crippen LogP contribution in [0.5, 0.6) is 0 Å². The van der Waals surface area contributed by atoms with Crippen molar-refractivity contribution in [2.45, 2.75) is 18.6 Å². The van der Waals surface area contributed by atoms with Gasteiger partial charge < -0.3 is 20.9 Å². The van der Waals surface area contributed by atoms with Crippen LogP contribution >= 0.6 is 0 Å². The number of nitrogens with one attached hydrogen (secondary N) is 1. The first kappa shape index (κ1) is 24.4. The van der Waals surface area contributed by atoms with Gasteiger partial charge in [0.05, 0.1) is 16.9 Å². The number of aromatic nitrogens is 2. The van der Waals surface area contributed by atoms with Gasteiger partial charge in [-0.15, -0.1) is 0 Å². The molecule has 2 heterocycles. The van der Waals surface area contributed by atoms with Gasteiger partial charge in [-0.1, -0.05) is 0 Å². The summed E-state index contributed by atoms with van der Waals surface area (Å²) in [6.07, 6.45) is -0.988. The molecule has 1 atom stereocenters. The van der Waals surface area contributed by atoms with Crippen molar-refractivity contribution in [2.75, 3.05) is 43.1 Å².